The van der Waals surface area contributed by atoms with Gasteiger partial charge >= 0.3 is 0 Å². The molecule has 0 bridgehead atoms. The molecule has 1 atom stereocenters. The van der Waals surface area contributed by atoms with Crippen LogP contribution in [-0.4, -0.2) is 5.71 Å². The van der Waals surface area contributed by atoms with Crippen molar-refractivity contribution < 1.29 is 0 Å². The van der Waals surface area contributed by atoms with Gasteiger partial charge in [-0.1, -0.05) is 53.4 Å². The molecule has 0 aliphatic rings. The van der Waals surface area contributed by atoms with Crippen molar-refractivity contribution in [1.82, 2.24) is 0 Å². The Kier molecular flexibility index (Phi) is 6.93. The number of nitrogens with one attached hydrogen (secondary N) is 1. The Bertz CT molecular complexity index is 138. The molecule has 1 heteroatoms. The van der Waals surface area contributed by atoms with E-state index in [1.54, 1.807) is 0 Å². The molecule has 0 saturated heterocycles. The zero-order chi connectivity index (χ0) is 10.3. The zero-order valence-electron chi connectivity index (χ0n) is 9.69. The molecular formula is C12H25N. The van der Waals surface area contributed by atoms with E-state index in [9.17, 15) is 0 Å². The van der Waals surface area contributed by atoms with Crippen molar-refractivity contribution in [2.75, 3.05) is 0 Å². The zero-order valence-corrected chi connectivity index (χ0v) is 9.69. The van der Waals surface area contributed by atoms with E-state index in [0.29, 0.717) is 5.92 Å². The molecule has 0 spiro atoms. The summed E-state index contributed by atoms with van der Waals surface area (Å²) in [6.07, 6.45) is 6.17. The molecule has 78 valence electrons. The average molecular weight is 183 g/mol. The first-order valence-electron chi connectivity index (χ1n) is 5.69. The molecule has 0 unspecified atom stereocenters. The molecule has 0 aliphatic heterocycles. The molecule has 0 heterocycles. The Labute approximate surface area is 83.4 Å². The minimum atomic E-state index is 0.440. The Morgan fingerprint density at radius 3 is 2.23 bits per heavy atom. The van der Waals surface area contributed by atoms with E-state index in [4.69, 9.17) is 5.41 Å². The van der Waals surface area contributed by atoms with Crippen LogP contribution >= 0.6 is 0 Å². The van der Waals surface area contributed by atoms with Gasteiger partial charge in [-0.15, -0.1) is 0 Å². The van der Waals surface area contributed by atoms with Crippen LogP contribution in [0.2, 0.25) is 0 Å². The molecule has 0 aliphatic carbocycles. The maximum atomic E-state index is 7.81. The van der Waals surface area contributed by atoms with Crippen LogP contribution in [0.5, 0.6) is 0 Å². The number of unbranched alkanes of at least 4 members (excludes halogenated alkanes) is 1. The SMILES string of the molecule is CCCC[C@H](CC)CC(=N)C(C)C. The minimum absolute atomic E-state index is 0.440. The van der Waals surface area contributed by atoms with Crippen molar-refractivity contribution in [3.8, 4) is 0 Å². The van der Waals surface area contributed by atoms with Gasteiger partial charge in [-0.25, -0.2) is 0 Å². The van der Waals surface area contributed by atoms with E-state index >= 15 is 0 Å². The van der Waals surface area contributed by atoms with E-state index < -0.39 is 0 Å². The summed E-state index contributed by atoms with van der Waals surface area (Å²) < 4.78 is 0. The molecule has 0 radical (unpaired) electrons. The third kappa shape index (κ3) is 5.84. The number of hydrogen-bond donors (Lipinski definition) is 1. The maximum Gasteiger partial charge on any atom is 0.0117 e. The lowest BCUT2D eigenvalue weighted by atomic mass is 9.90. The first-order valence-corrected chi connectivity index (χ1v) is 5.69. The molecule has 0 rings (SSSR count). The van der Waals surface area contributed by atoms with Crippen LogP contribution < -0.4 is 0 Å². The summed E-state index contributed by atoms with van der Waals surface area (Å²) in [6, 6.07) is 0. The summed E-state index contributed by atoms with van der Waals surface area (Å²) >= 11 is 0. The highest BCUT2D eigenvalue weighted by atomic mass is 14.4. The summed E-state index contributed by atoms with van der Waals surface area (Å²) in [5.41, 5.74) is 0.933. The van der Waals surface area contributed by atoms with Crippen LogP contribution in [0.15, 0.2) is 0 Å². The number of rotatable bonds is 7. The fourth-order valence-electron chi connectivity index (χ4n) is 1.49. The summed E-state index contributed by atoms with van der Waals surface area (Å²) in [7, 11) is 0. The largest absolute Gasteiger partial charge is 0.309 e. The second-order valence-corrected chi connectivity index (χ2v) is 4.30. The second-order valence-electron chi connectivity index (χ2n) is 4.30. The van der Waals surface area contributed by atoms with Gasteiger partial charge in [0, 0.05) is 5.71 Å². The van der Waals surface area contributed by atoms with Crippen molar-refractivity contribution in [2.45, 2.75) is 59.8 Å². The van der Waals surface area contributed by atoms with Crippen LogP contribution in [0.25, 0.3) is 0 Å². The molecule has 0 saturated carbocycles. The van der Waals surface area contributed by atoms with E-state index in [0.717, 1.165) is 18.1 Å². The Morgan fingerprint density at radius 2 is 1.85 bits per heavy atom. The van der Waals surface area contributed by atoms with E-state index in [2.05, 4.69) is 27.7 Å². The third-order valence-electron chi connectivity index (χ3n) is 2.75. The lowest BCUT2D eigenvalue weighted by Crippen LogP contribution is -2.12. The van der Waals surface area contributed by atoms with Crippen molar-refractivity contribution in [3.05, 3.63) is 0 Å². The average Bonchev–Trinajstić information content (AvgIpc) is 2.11. The molecule has 0 amide bonds. The highest BCUT2D eigenvalue weighted by Gasteiger charge is 2.10. The second kappa shape index (κ2) is 7.11. The molecule has 0 fully saturated rings. The fourth-order valence-corrected chi connectivity index (χ4v) is 1.49. The Morgan fingerprint density at radius 1 is 1.23 bits per heavy atom. The van der Waals surface area contributed by atoms with Crippen molar-refractivity contribution in [2.24, 2.45) is 11.8 Å². The number of hydrogen-bond acceptors (Lipinski definition) is 1. The minimum Gasteiger partial charge on any atom is -0.309 e. The van der Waals surface area contributed by atoms with Gasteiger partial charge in [0.1, 0.15) is 0 Å². The van der Waals surface area contributed by atoms with Gasteiger partial charge in [0.05, 0.1) is 0 Å². The molecule has 0 aromatic carbocycles. The summed E-state index contributed by atoms with van der Waals surface area (Å²) in [4.78, 5) is 0. The van der Waals surface area contributed by atoms with Crippen molar-refractivity contribution >= 4 is 5.71 Å². The molecule has 1 N–H and O–H groups in total. The molecule has 0 aromatic rings. The standard InChI is InChI=1S/C12H25N/c1-5-7-8-11(6-2)9-12(13)10(3)4/h10-11,13H,5-9H2,1-4H3/t11-/m0/s1. The maximum absolute atomic E-state index is 7.81. The predicted molar refractivity (Wildman–Crippen MR) is 60.5 cm³/mol. The van der Waals surface area contributed by atoms with Crippen LogP contribution in [0, 0.1) is 17.2 Å². The van der Waals surface area contributed by atoms with Gasteiger partial charge in [0.15, 0.2) is 0 Å². The molecular weight excluding hydrogens is 158 g/mol. The highest BCUT2D eigenvalue weighted by molar-refractivity contribution is 5.83. The third-order valence-corrected chi connectivity index (χ3v) is 2.75. The molecule has 13 heavy (non-hydrogen) atoms. The summed E-state index contributed by atoms with van der Waals surface area (Å²) in [5.74, 6) is 1.20. The Balaban J connectivity index is 3.76. The molecule has 0 aromatic heterocycles. The van der Waals surface area contributed by atoms with Crippen LogP contribution in [0.3, 0.4) is 0 Å². The first kappa shape index (κ1) is 12.7. The lowest BCUT2D eigenvalue weighted by Gasteiger charge is -2.16. The summed E-state index contributed by atoms with van der Waals surface area (Å²) in [5, 5.41) is 7.81. The monoisotopic (exact) mass is 183 g/mol. The first-order chi connectivity index (χ1) is 6.11. The Hall–Kier alpha value is -0.330. The van der Waals surface area contributed by atoms with Gasteiger partial charge in [0.25, 0.3) is 0 Å². The van der Waals surface area contributed by atoms with E-state index in [-0.39, 0.29) is 0 Å². The quantitative estimate of drug-likeness (QED) is 0.570. The van der Waals surface area contributed by atoms with Gasteiger partial charge < -0.3 is 5.41 Å². The normalized spacial score (nSPS) is 13.3. The van der Waals surface area contributed by atoms with Gasteiger partial charge in [0.2, 0.25) is 0 Å². The molecule has 1 nitrogen and oxygen atoms in total. The fraction of sp³-hybridized carbons (Fsp3) is 0.917. The van der Waals surface area contributed by atoms with Crippen LogP contribution in [-0.2, 0) is 0 Å². The smallest absolute Gasteiger partial charge is 0.0117 e. The lowest BCUT2D eigenvalue weighted by molar-refractivity contribution is 0.460. The van der Waals surface area contributed by atoms with E-state index in [1.807, 2.05) is 0 Å². The van der Waals surface area contributed by atoms with Gasteiger partial charge in [-0.05, 0) is 18.3 Å². The van der Waals surface area contributed by atoms with Crippen LogP contribution in [0.1, 0.15) is 59.8 Å². The predicted octanol–water partition coefficient (Wildman–Crippen LogP) is 4.27. The highest BCUT2D eigenvalue weighted by Crippen LogP contribution is 2.18. The topological polar surface area (TPSA) is 23.9 Å². The van der Waals surface area contributed by atoms with Gasteiger partial charge in [-0.2, -0.15) is 0 Å². The van der Waals surface area contributed by atoms with E-state index in [1.165, 1.54) is 25.7 Å². The van der Waals surface area contributed by atoms with Crippen molar-refractivity contribution in [3.63, 3.8) is 0 Å². The summed E-state index contributed by atoms with van der Waals surface area (Å²) in [6.45, 7) is 8.72. The van der Waals surface area contributed by atoms with Crippen molar-refractivity contribution in [1.29, 1.82) is 5.41 Å². The van der Waals surface area contributed by atoms with Crippen LogP contribution in [0.4, 0.5) is 0 Å². The van der Waals surface area contributed by atoms with Gasteiger partial charge in [-0.3, -0.25) is 0 Å².